The molecule has 2 aromatic heterocycles. The van der Waals surface area contributed by atoms with Crippen LogP contribution in [-0.2, 0) is 11.2 Å². The number of aromatic amines is 1. The number of nitrogens with zero attached hydrogens (tertiary/aromatic N) is 1. The quantitative estimate of drug-likeness (QED) is 0.334. The Morgan fingerprint density at radius 3 is 2.71 bits per heavy atom. The molecule has 0 bridgehead atoms. The number of carbonyl (C=O) groups excluding carboxylic acids is 2. The minimum atomic E-state index is -0.247. The van der Waals surface area contributed by atoms with E-state index >= 15 is 0 Å². The Kier molecular flexibility index (Phi) is 6.34. The molecule has 4 aromatic rings. The van der Waals surface area contributed by atoms with Gasteiger partial charge in [0, 0.05) is 40.3 Å². The average Bonchev–Trinajstić information content (AvgIpc) is 3.38. The number of H-pyrrole nitrogens is 1. The number of halogens is 1. The third-order valence-electron chi connectivity index (χ3n) is 4.82. The minimum absolute atomic E-state index is 0.00397. The Bertz CT molecular complexity index is 1230. The molecule has 6 nitrogen and oxygen atoms in total. The van der Waals surface area contributed by atoms with Crippen molar-refractivity contribution >= 4 is 50.8 Å². The summed E-state index contributed by atoms with van der Waals surface area (Å²) in [5.74, 6) is -0.251. The van der Waals surface area contributed by atoms with E-state index in [9.17, 15) is 9.59 Å². The van der Waals surface area contributed by atoms with Crippen molar-refractivity contribution in [1.29, 1.82) is 0 Å². The molecular formula is C23H21ClN4O2S. The van der Waals surface area contributed by atoms with Gasteiger partial charge in [-0.2, -0.15) is 0 Å². The van der Waals surface area contributed by atoms with Crippen molar-refractivity contribution in [2.45, 2.75) is 19.8 Å². The molecule has 0 aliphatic carbocycles. The SMILES string of the molecule is CC(=O)NCCCc1ccc(-c2csc(NC(=O)c3cc4ccc(Cl)cc4[nH]3)n2)cc1. The fourth-order valence-corrected chi connectivity index (χ4v) is 4.14. The molecule has 2 aromatic carbocycles. The maximum atomic E-state index is 12.6. The van der Waals surface area contributed by atoms with E-state index in [4.69, 9.17) is 11.6 Å². The Labute approximate surface area is 188 Å². The third kappa shape index (κ3) is 5.31. The third-order valence-corrected chi connectivity index (χ3v) is 5.81. The minimum Gasteiger partial charge on any atom is -0.356 e. The van der Waals surface area contributed by atoms with Crippen LogP contribution in [0.5, 0.6) is 0 Å². The zero-order valence-corrected chi connectivity index (χ0v) is 18.4. The summed E-state index contributed by atoms with van der Waals surface area (Å²) in [5.41, 5.74) is 4.28. The lowest BCUT2D eigenvalue weighted by atomic mass is 10.1. The van der Waals surface area contributed by atoms with E-state index in [0.717, 1.165) is 35.0 Å². The van der Waals surface area contributed by atoms with E-state index in [1.54, 1.807) is 18.2 Å². The van der Waals surface area contributed by atoms with E-state index in [0.29, 0.717) is 22.4 Å². The first kappa shape index (κ1) is 21.1. The maximum Gasteiger partial charge on any atom is 0.273 e. The van der Waals surface area contributed by atoms with Gasteiger partial charge >= 0.3 is 0 Å². The number of hydrogen-bond donors (Lipinski definition) is 3. The van der Waals surface area contributed by atoms with E-state index in [1.807, 2.05) is 23.6 Å². The van der Waals surface area contributed by atoms with Crippen molar-refractivity contribution in [3.05, 3.63) is 70.2 Å². The zero-order chi connectivity index (χ0) is 21.8. The molecule has 158 valence electrons. The van der Waals surface area contributed by atoms with Gasteiger partial charge in [0.1, 0.15) is 5.69 Å². The second kappa shape index (κ2) is 9.32. The van der Waals surface area contributed by atoms with Gasteiger partial charge in [0.25, 0.3) is 5.91 Å². The molecule has 2 heterocycles. The summed E-state index contributed by atoms with van der Waals surface area (Å²) >= 11 is 7.39. The van der Waals surface area contributed by atoms with Crippen LogP contribution in [0.25, 0.3) is 22.2 Å². The number of aromatic nitrogens is 2. The van der Waals surface area contributed by atoms with Crippen LogP contribution in [0.1, 0.15) is 29.4 Å². The lowest BCUT2D eigenvalue weighted by Crippen LogP contribution is -2.21. The Morgan fingerprint density at radius 2 is 1.94 bits per heavy atom. The fraction of sp³-hybridized carbons (Fsp3) is 0.174. The maximum absolute atomic E-state index is 12.6. The molecule has 0 aliphatic heterocycles. The topological polar surface area (TPSA) is 86.9 Å². The van der Waals surface area contributed by atoms with E-state index in [2.05, 4.69) is 32.7 Å². The van der Waals surface area contributed by atoms with Crippen LogP contribution in [0.4, 0.5) is 5.13 Å². The summed E-state index contributed by atoms with van der Waals surface area (Å²) in [4.78, 5) is 31.1. The highest BCUT2D eigenvalue weighted by Gasteiger charge is 2.13. The Morgan fingerprint density at radius 1 is 1.13 bits per heavy atom. The van der Waals surface area contributed by atoms with Crippen molar-refractivity contribution in [2.24, 2.45) is 0 Å². The van der Waals surface area contributed by atoms with Gasteiger partial charge in [0.05, 0.1) is 5.69 Å². The van der Waals surface area contributed by atoms with Gasteiger partial charge in [0.2, 0.25) is 5.91 Å². The van der Waals surface area contributed by atoms with Crippen LogP contribution >= 0.6 is 22.9 Å². The molecule has 2 amide bonds. The molecule has 0 saturated heterocycles. The van der Waals surface area contributed by atoms with Gasteiger partial charge in [-0.25, -0.2) is 4.98 Å². The average molecular weight is 453 g/mol. The predicted molar refractivity (Wildman–Crippen MR) is 126 cm³/mol. The zero-order valence-electron chi connectivity index (χ0n) is 16.9. The molecule has 0 atom stereocenters. The number of thiazole rings is 1. The first-order valence-corrected chi connectivity index (χ1v) is 11.1. The largest absolute Gasteiger partial charge is 0.356 e. The fourth-order valence-electron chi connectivity index (χ4n) is 3.25. The second-order valence-electron chi connectivity index (χ2n) is 7.19. The predicted octanol–water partition coefficient (Wildman–Crippen LogP) is 5.27. The van der Waals surface area contributed by atoms with Gasteiger partial charge in [-0.3, -0.25) is 14.9 Å². The lowest BCUT2D eigenvalue weighted by molar-refractivity contribution is -0.118. The van der Waals surface area contributed by atoms with Crippen LogP contribution in [0.2, 0.25) is 5.02 Å². The molecule has 0 spiro atoms. The molecule has 31 heavy (non-hydrogen) atoms. The number of rotatable bonds is 7. The molecule has 3 N–H and O–H groups in total. The summed E-state index contributed by atoms with van der Waals surface area (Å²) in [7, 11) is 0. The smallest absolute Gasteiger partial charge is 0.273 e. The monoisotopic (exact) mass is 452 g/mol. The second-order valence-corrected chi connectivity index (χ2v) is 8.48. The lowest BCUT2D eigenvalue weighted by Gasteiger charge is -2.04. The van der Waals surface area contributed by atoms with Crippen molar-refractivity contribution in [3.63, 3.8) is 0 Å². The Balaban J connectivity index is 1.38. The molecule has 0 unspecified atom stereocenters. The van der Waals surface area contributed by atoms with Gasteiger partial charge < -0.3 is 10.3 Å². The summed E-state index contributed by atoms with van der Waals surface area (Å²) in [6.07, 6.45) is 1.79. The molecule has 0 saturated carbocycles. The standard InChI is InChI=1S/C23H21ClN4O2S/c1-14(29)25-10-2-3-15-4-6-16(7-5-15)21-13-31-23(27-21)28-22(30)20-11-17-8-9-18(24)12-19(17)26-20/h4-9,11-13,26H,2-3,10H2,1H3,(H,25,29)(H,27,28,30). The van der Waals surface area contributed by atoms with Gasteiger partial charge in [-0.1, -0.05) is 41.9 Å². The molecule has 0 aliphatic rings. The summed E-state index contributed by atoms with van der Waals surface area (Å²) < 4.78 is 0. The number of fused-ring (bicyclic) bond motifs is 1. The van der Waals surface area contributed by atoms with Crippen LogP contribution in [0, 0.1) is 0 Å². The summed E-state index contributed by atoms with van der Waals surface area (Å²) in [6, 6.07) is 15.4. The first-order valence-electron chi connectivity index (χ1n) is 9.87. The molecular weight excluding hydrogens is 432 g/mol. The number of benzene rings is 2. The Hall–Kier alpha value is -3.16. The van der Waals surface area contributed by atoms with E-state index in [-0.39, 0.29) is 11.8 Å². The van der Waals surface area contributed by atoms with Crippen molar-refractivity contribution in [1.82, 2.24) is 15.3 Å². The van der Waals surface area contributed by atoms with Crippen LogP contribution in [-0.4, -0.2) is 28.3 Å². The van der Waals surface area contributed by atoms with Gasteiger partial charge in [-0.05, 0) is 36.6 Å². The van der Waals surface area contributed by atoms with Crippen LogP contribution < -0.4 is 10.6 Å². The number of hydrogen-bond acceptors (Lipinski definition) is 4. The van der Waals surface area contributed by atoms with Gasteiger partial charge in [0.15, 0.2) is 5.13 Å². The van der Waals surface area contributed by atoms with Crippen molar-refractivity contribution in [3.8, 4) is 11.3 Å². The molecule has 4 rings (SSSR count). The normalized spacial score (nSPS) is 10.9. The molecule has 8 heteroatoms. The van der Waals surface area contributed by atoms with Crippen molar-refractivity contribution in [2.75, 3.05) is 11.9 Å². The summed E-state index contributed by atoms with van der Waals surface area (Å²) in [5, 5.41) is 9.65. The molecule has 0 fully saturated rings. The van der Waals surface area contributed by atoms with E-state index in [1.165, 1.54) is 23.8 Å². The van der Waals surface area contributed by atoms with Crippen LogP contribution in [0.15, 0.2) is 53.9 Å². The van der Waals surface area contributed by atoms with Gasteiger partial charge in [-0.15, -0.1) is 11.3 Å². The summed E-state index contributed by atoms with van der Waals surface area (Å²) in [6.45, 7) is 2.20. The number of amides is 2. The highest BCUT2D eigenvalue weighted by atomic mass is 35.5. The van der Waals surface area contributed by atoms with E-state index < -0.39 is 0 Å². The number of anilines is 1. The number of carbonyl (C=O) groups is 2. The highest BCUT2D eigenvalue weighted by molar-refractivity contribution is 7.14. The highest BCUT2D eigenvalue weighted by Crippen LogP contribution is 2.26. The number of nitrogens with one attached hydrogen (secondary N) is 3. The van der Waals surface area contributed by atoms with Crippen molar-refractivity contribution < 1.29 is 9.59 Å². The van der Waals surface area contributed by atoms with Crippen LogP contribution in [0.3, 0.4) is 0 Å². The number of aryl methyl sites for hydroxylation is 1. The first-order chi connectivity index (χ1) is 15.0. The molecule has 0 radical (unpaired) electrons.